The van der Waals surface area contributed by atoms with E-state index in [1.807, 2.05) is 0 Å². The first-order chi connectivity index (χ1) is 5.85. The van der Waals surface area contributed by atoms with Gasteiger partial charge in [0.05, 0.1) is 0 Å². The third kappa shape index (κ3) is 3.24. The van der Waals surface area contributed by atoms with Gasteiger partial charge in [-0.25, -0.2) is 0 Å². The fraction of sp³-hybridized carbons (Fsp3) is 0.900. The van der Waals surface area contributed by atoms with Gasteiger partial charge in [0.15, 0.2) is 0 Å². The summed E-state index contributed by atoms with van der Waals surface area (Å²) in [4.78, 5) is 0. The van der Waals surface area contributed by atoms with Gasteiger partial charge in [0.2, 0.25) is 0 Å². The maximum atomic E-state index is 5.40. The Balaban J connectivity index is 2.66. The van der Waals surface area contributed by atoms with E-state index in [0.29, 0.717) is 0 Å². The molecule has 1 aliphatic rings. The second-order valence-electron chi connectivity index (χ2n) is 5.16. The van der Waals surface area contributed by atoms with Gasteiger partial charge in [-0.3, -0.25) is 0 Å². The lowest BCUT2D eigenvalue weighted by Crippen LogP contribution is -2.59. The fourth-order valence-electron chi connectivity index (χ4n) is 2.40. The highest BCUT2D eigenvalue weighted by atomic mass is 32.1. The molecular weight excluding hydrogens is 182 g/mol. The minimum Gasteiger partial charge on any atom is -0.487 e. The molecule has 0 atom stereocenters. The van der Waals surface area contributed by atoms with Crippen molar-refractivity contribution in [3.05, 3.63) is 0 Å². The normalized spacial score (nSPS) is 26.8. The number of nitrogens with one attached hydrogen (secondary N) is 1. The molecule has 0 unspecified atom stereocenters. The Morgan fingerprint density at radius 3 is 2.08 bits per heavy atom. The van der Waals surface area contributed by atoms with Crippen LogP contribution in [0.3, 0.4) is 0 Å². The van der Waals surface area contributed by atoms with E-state index < -0.39 is 0 Å². The van der Waals surface area contributed by atoms with E-state index in [0.717, 1.165) is 12.8 Å². The molecule has 0 aromatic rings. The highest BCUT2D eigenvalue weighted by molar-refractivity contribution is 7.78. The van der Waals surface area contributed by atoms with Crippen molar-refractivity contribution in [1.82, 2.24) is 5.32 Å². The minimum atomic E-state index is 0.144. The third-order valence-corrected chi connectivity index (χ3v) is 2.51. The molecule has 0 spiro atoms. The standard InChI is InChI=1S/C10H19NOS/c1-9(2)5-8(12-7-13)6-10(3,4)11-9/h7-8,11H,5-6H2,1-4H3. The van der Waals surface area contributed by atoms with Gasteiger partial charge in [-0.15, -0.1) is 0 Å². The SMILES string of the molecule is CC1(C)CC(OC=S)CC(C)(C)N1. The topological polar surface area (TPSA) is 21.3 Å². The molecule has 0 aromatic carbocycles. The number of ether oxygens (including phenoxy) is 1. The summed E-state index contributed by atoms with van der Waals surface area (Å²) in [6.45, 7) is 8.81. The molecule has 0 bridgehead atoms. The summed E-state index contributed by atoms with van der Waals surface area (Å²) in [7, 11) is 0. The number of rotatable bonds is 2. The van der Waals surface area contributed by atoms with E-state index in [4.69, 9.17) is 17.0 Å². The van der Waals surface area contributed by atoms with Gasteiger partial charge in [0, 0.05) is 23.9 Å². The zero-order valence-corrected chi connectivity index (χ0v) is 9.70. The van der Waals surface area contributed by atoms with E-state index in [-0.39, 0.29) is 17.2 Å². The molecule has 1 aliphatic heterocycles. The Morgan fingerprint density at radius 2 is 1.69 bits per heavy atom. The molecule has 76 valence electrons. The molecule has 0 aliphatic carbocycles. The Bertz CT molecular complexity index is 185. The Kier molecular flexibility index (Phi) is 2.98. The maximum absolute atomic E-state index is 5.40. The van der Waals surface area contributed by atoms with E-state index in [1.54, 1.807) is 0 Å². The van der Waals surface area contributed by atoms with Gasteiger partial charge in [0.25, 0.3) is 0 Å². The highest BCUT2D eigenvalue weighted by Crippen LogP contribution is 2.29. The molecule has 1 heterocycles. The summed E-state index contributed by atoms with van der Waals surface area (Å²) in [5, 5.41) is 3.59. The Labute approximate surface area is 86.0 Å². The van der Waals surface area contributed by atoms with Gasteiger partial charge in [-0.05, 0) is 39.9 Å². The first-order valence-electron chi connectivity index (χ1n) is 4.73. The number of thiocarbonyl (C=S) groups is 1. The van der Waals surface area contributed by atoms with Crippen LogP contribution in [0.2, 0.25) is 0 Å². The molecule has 0 radical (unpaired) electrons. The lowest BCUT2D eigenvalue weighted by atomic mass is 9.81. The molecule has 3 heteroatoms. The van der Waals surface area contributed by atoms with Gasteiger partial charge in [-0.1, -0.05) is 0 Å². The summed E-state index contributed by atoms with van der Waals surface area (Å²) < 4.78 is 5.40. The van der Waals surface area contributed by atoms with Gasteiger partial charge in [0.1, 0.15) is 11.7 Å². The van der Waals surface area contributed by atoms with Crippen LogP contribution in [0.25, 0.3) is 0 Å². The van der Waals surface area contributed by atoms with Crippen molar-refractivity contribution in [2.24, 2.45) is 0 Å². The molecule has 2 nitrogen and oxygen atoms in total. The summed E-state index contributed by atoms with van der Waals surface area (Å²) in [5.41, 5.74) is 1.68. The Hall–Kier alpha value is -0.150. The molecule has 0 amide bonds. The molecule has 0 aromatic heterocycles. The number of hydrogen-bond acceptors (Lipinski definition) is 3. The Morgan fingerprint density at radius 1 is 1.23 bits per heavy atom. The molecule has 13 heavy (non-hydrogen) atoms. The summed E-state index contributed by atoms with van der Waals surface area (Å²) in [6, 6.07) is 0. The van der Waals surface area contributed by atoms with Gasteiger partial charge < -0.3 is 10.1 Å². The maximum Gasteiger partial charge on any atom is 0.146 e. The van der Waals surface area contributed by atoms with Crippen LogP contribution in [0, 0.1) is 0 Å². The molecular formula is C10H19NOS. The van der Waals surface area contributed by atoms with Crippen molar-refractivity contribution in [2.75, 3.05) is 0 Å². The van der Waals surface area contributed by atoms with Gasteiger partial charge in [-0.2, -0.15) is 0 Å². The molecule has 1 rings (SSSR count). The number of piperidine rings is 1. The second-order valence-corrected chi connectivity index (χ2v) is 5.35. The van der Waals surface area contributed by atoms with Crippen molar-refractivity contribution < 1.29 is 4.74 Å². The minimum absolute atomic E-state index is 0.144. The lowest BCUT2D eigenvalue weighted by Gasteiger charge is -2.45. The van der Waals surface area contributed by atoms with Crippen molar-refractivity contribution in [3.63, 3.8) is 0 Å². The van der Waals surface area contributed by atoms with Crippen LogP contribution in [-0.4, -0.2) is 22.7 Å². The average Bonchev–Trinajstić information content (AvgIpc) is 1.78. The first-order valence-corrected chi connectivity index (χ1v) is 5.20. The summed E-state index contributed by atoms with van der Waals surface area (Å²) in [5.74, 6) is 0. The predicted octanol–water partition coefficient (Wildman–Crippen LogP) is 2.27. The zero-order valence-electron chi connectivity index (χ0n) is 8.89. The molecule has 1 fully saturated rings. The highest BCUT2D eigenvalue weighted by Gasteiger charge is 2.38. The van der Waals surface area contributed by atoms with Crippen LogP contribution in [0.5, 0.6) is 0 Å². The van der Waals surface area contributed by atoms with E-state index in [1.165, 1.54) is 5.55 Å². The van der Waals surface area contributed by atoms with E-state index in [9.17, 15) is 0 Å². The number of hydrogen-bond donors (Lipinski definition) is 1. The zero-order chi connectivity index (χ0) is 10.1. The van der Waals surface area contributed by atoms with Crippen molar-refractivity contribution in [3.8, 4) is 0 Å². The van der Waals surface area contributed by atoms with Crippen molar-refractivity contribution in [2.45, 2.75) is 57.7 Å². The van der Waals surface area contributed by atoms with E-state index >= 15 is 0 Å². The van der Waals surface area contributed by atoms with Crippen LogP contribution >= 0.6 is 12.2 Å². The summed E-state index contributed by atoms with van der Waals surface area (Å²) in [6.07, 6.45) is 2.30. The molecule has 0 saturated carbocycles. The van der Waals surface area contributed by atoms with Crippen molar-refractivity contribution >= 4 is 17.8 Å². The largest absolute Gasteiger partial charge is 0.487 e. The third-order valence-electron chi connectivity index (χ3n) is 2.40. The quantitative estimate of drug-likeness (QED) is 0.693. The second kappa shape index (κ2) is 3.54. The van der Waals surface area contributed by atoms with Crippen molar-refractivity contribution in [1.29, 1.82) is 0 Å². The molecule has 1 N–H and O–H groups in total. The average molecular weight is 201 g/mol. The predicted molar refractivity (Wildman–Crippen MR) is 59.1 cm³/mol. The van der Waals surface area contributed by atoms with Crippen LogP contribution in [0.1, 0.15) is 40.5 Å². The first kappa shape index (κ1) is 10.9. The van der Waals surface area contributed by atoms with E-state index in [2.05, 4.69) is 33.0 Å². The molecule has 1 saturated heterocycles. The van der Waals surface area contributed by atoms with Gasteiger partial charge >= 0.3 is 0 Å². The van der Waals surface area contributed by atoms with Crippen LogP contribution in [0.4, 0.5) is 0 Å². The summed E-state index contributed by atoms with van der Waals surface area (Å²) >= 11 is 4.72. The fourth-order valence-corrected chi connectivity index (χ4v) is 2.56. The van der Waals surface area contributed by atoms with Crippen LogP contribution < -0.4 is 5.32 Å². The monoisotopic (exact) mass is 201 g/mol. The lowest BCUT2D eigenvalue weighted by molar-refractivity contribution is 0.0548. The van der Waals surface area contributed by atoms with Crippen LogP contribution in [0.15, 0.2) is 0 Å². The van der Waals surface area contributed by atoms with Crippen LogP contribution in [-0.2, 0) is 4.74 Å². The smallest absolute Gasteiger partial charge is 0.146 e.